The molecule has 0 aliphatic carbocycles. The molecule has 7 nitrogen and oxygen atoms in total. The number of benzene rings is 2. The van der Waals surface area contributed by atoms with Crippen LogP contribution >= 0.6 is 11.6 Å². The second-order valence-corrected chi connectivity index (χ2v) is 8.25. The highest BCUT2D eigenvalue weighted by Gasteiger charge is 2.36. The van der Waals surface area contributed by atoms with E-state index in [-0.39, 0.29) is 46.2 Å². The van der Waals surface area contributed by atoms with Gasteiger partial charge in [-0.05, 0) is 24.6 Å². The molecule has 9 heteroatoms. The molecule has 1 saturated heterocycles. The third-order valence-corrected chi connectivity index (χ3v) is 6.42. The molecule has 1 N–H and O–H groups in total. The molecule has 2 aromatic carbocycles. The first-order chi connectivity index (χ1) is 15.4. The first kappa shape index (κ1) is 20.5. The van der Waals surface area contributed by atoms with E-state index in [2.05, 4.69) is 16.5 Å². The zero-order chi connectivity index (χ0) is 22.6. The van der Waals surface area contributed by atoms with Crippen LogP contribution in [0.3, 0.4) is 0 Å². The van der Waals surface area contributed by atoms with Crippen molar-refractivity contribution in [1.29, 1.82) is 0 Å². The SMILES string of the molecule is C=CC(=O)N1CCN2c3ncnc4c(F)c(-c5c(C)cccc5O)c(Cl)c(c34)OC[C@@H]2C1. The smallest absolute Gasteiger partial charge is 0.246 e. The number of amides is 1. The standard InChI is InChI=1S/C23H20ClFN4O3/c1-3-15(31)28-7-8-29-13(9-28)10-32-22-18-21(26-11-27-23(18)29)20(25)17(19(22)24)16-12(2)5-4-6-14(16)30/h3-6,11,13,30H,1,7-10H2,2H3/t13-/m0/s1. The molecule has 0 unspecified atom stereocenters. The van der Waals surface area contributed by atoms with Gasteiger partial charge in [0.25, 0.3) is 0 Å². The number of halogens is 2. The van der Waals surface area contributed by atoms with E-state index in [0.29, 0.717) is 42.0 Å². The fourth-order valence-electron chi connectivity index (χ4n) is 4.53. The van der Waals surface area contributed by atoms with Crippen molar-refractivity contribution in [3.8, 4) is 22.6 Å². The van der Waals surface area contributed by atoms with Crippen LogP contribution < -0.4 is 9.64 Å². The summed E-state index contributed by atoms with van der Waals surface area (Å²) in [7, 11) is 0. The number of piperazine rings is 1. The fourth-order valence-corrected chi connectivity index (χ4v) is 4.85. The van der Waals surface area contributed by atoms with Crippen LogP contribution in [0.15, 0.2) is 37.2 Å². The Kier molecular flexibility index (Phi) is 4.89. The molecule has 1 atom stereocenters. The average molecular weight is 455 g/mol. The molecule has 1 amide bonds. The minimum absolute atomic E-state index is 0.0396. The van der Waals surface area contributed by atoms with Crippen molar-refractivity contribution in [2.75, 3.05) is 31.1 Å². The number of aromatic hydroxyl groups is 1. The Bertz CT molecular complexity index is 1260. The number of rotatable bonds is 2. The van der Waals surface area contributed by atoms with Crippen LogP contribution in [0, 0.1) is 12.7 Å². The molecule has 0 spiro atoms. The maximum atomic E-state index is 15.8. The molecule has 5 rings (SSSR count). The maximum Gasteiger partial charge on any atom is 0.246 e. The number of carbonyl (C=O) groups is 1. The molecule has 3 aromatic rings. The Morgan fingerprint density at radius 1 is 1.34 bits per heavy atom. The molecular weight excluding hydrogens is 435 g/mol. The highest BCUT2D eigenvalue weighted by molar-refractivity contribution is 6.36. The lowest BCUT2D eigenvalue weighted by Gasteiger charge is -2.40. The monoisotopic (exact) mass is 454 g/mol. The van der Waals surface area contributed by atoms with Gasteiger partial charge in [-0.25, -0.2) is 14.4 Å². The van der Waals surface area contributed by atoms with Gasteiger partial charge in [0.1, 0.15) is 30.0 Å². The van der Waals surface area contributed by atoms with E-state index in [0.717, 1.165) is 0 Å². The number of phenolic OH excluding ortho intramolecular Hbond substituents is 1. The van der Waals surface area contributed by atoms with E-state index in [1.807, 2.05) is 4.90 Å². The number of anilines is 1. The van der Waals surface area contributed by atoms with Gasteiger partial charge in [0.15, 0.2) is 11.6 Å². The number of phenols is 1. The van der Waals surface area contributed by atoms with Crippen LogP contribution in [-0.2, 0) is 4.79 Å². The second kappa shape index (κ2) is 7.63. The van der Waals surface area contributed by atoms with Crippen molar-refractivity contribution in [1.82, 2.24) is 14.9 Å². The summed E-state index contributed by atoms with van der Waals surface area (Å²) >= 11 is 6.72. The largest absolute Gasteiger partial charge is 0.507 e. The average Bonchev–Trinajstić information content (AvgIpc) is 2.96. The van der Waals surface area contributed by atoms with E-state index in [1.54, 1.807) is 24.0 Å². The van der Waals surface area contributed by atoms with Crippen molar-refractivity contribution in [3.63, 3.8) is 0 Å². The Morgan fingerprint density at radius 3 is 2.91 bits per heavy atom. The lowest BCUT2D eigenvalue weighted by molar-refractivity contribution is -0.126. The quantitative estimate of drug-likeness (QED) is 0.595. The molecule has 164 valence electrons. The van der Waals surface area contributed by atoms with E-state index in [4.69, 9.17) is 16.3 Å². The van der Waals surface area contributed by atoms with Crippen LogP contribution in [0.1, 0.15) is 5.56 Å². The number of hydrogen-bond donors (Lipinski definition) is 1. The molecule has 2 aliphatic heterocycles. The molecule has 1 aromatic heterocycles. The maximum absolute atomic E-state index is 15.8. The predicted octanol–water partition coefficient (Wildman–Crippen LogP) is 3.70. The Morgan fingerprint density at radius 2 is 2.16 bits per heavy atom. The zero-order valence-corrected chi connectivity index (χ0v) is 18.1. The molecule has 0 bridgehead atoms. The summed E-state index contributed by atoms with van der Waals surface area (Å²) in [6.45, 7) is 6.94. The van der Waals surface area contributed by atoms with E-state index < -0.39 is 5.82 Å². The van der Waals surface area contributed by atoms with E-state index in [1.165, 1.54) is 18.5 Å². The summed E-state index contributed by atoms with van der Waals surface area (Å²) in [4.78, 5) is 24.5. The zero-order valence-electron chi connectivity index (χ0n) is 17.3. The van der Waals surface area contributed by atoms with Gasteiger partial charge in [0, 0.05) is 30.8 Å². The van der Waals surface area contributed by atoms with Gasteiger partial charge in [-0.15, -0.1) is 0 Å². The molecule has 0 radical (unpaired) electrons. The molecule has 2 aliphatic rings. The Balaban J connectivity index is 1.72. The molecular formula is C23H20ClFN4O3. The van der Waals surface area contributed by atoms with Crippen LogP contribution in [0.5, 0.6) is 11.5 Å². The number of aromatic nitrogens is 2. The number of carbonyl (C=O) groups excluding carboxylic acids is 1. The van der Waals surface area contributed by atoms with Crippen molar-refractivity contribution >= 4 is 34.2 Å². The van der Waals surface area contributed by atoms with Crippen molar-refractivity contribution in [3.05, 3.63) is 53.6 Å². The molecule has 3 heterocycles. The minimum atomic E-state index is -0.649. The van der Waals surface area contributed by atoms with Gasteiger partial charge >= 0.3 is 0 Å². The van der Waals surface area contributed by atoms with Crippen molar-refractivity contribution in [2.45, 2.75) is 13.0 Å². The van der Waals surface area contributed by atoms with Gasteiger partial charge in [0.2, 0.25) is 5.91 Å². The first-order valence-electron chi connectivity index (χ1n) is 10.2. The lowest BCUT2D eigenvalue weighted by atomic mass is 9.96. The Hall–Kier alpha value is -3.39. The summed E-state index contributed by atoms with van der Waals surface area (Å²) in [5, 5.41) is 10.9. The van der Waals surface area contributed by atoms with Gasteiger partial charge in [-0.2, -0.15) is 0 Å². The number of fused-ring (bicyclic) bond motifs is 2. The first-order valence-corrected chi connectivity index (χ1v) is 10.6. The summed E-state index contributed by atoms with van der Waals surface area (Å²) in [6, 6.07) is 4.73. The highest BCUT2D eigenvalue weighted by atomic mass is 35.5. The molecule has 1 fully saturated rings. The van der Waals surface area contributed by atoms with Gasteiger partial charge in [0.05, 0.1) is 16.5 Å². The van der Waals surface area contributed by atoms with E-state index in [9.17, 15) is 9.90 Å². The van der Waals surface area contributed by atoms with Crippen LogP contribution in [0.25, 0.3) is 22.0 Å². The fraction of sp³-hybridized carbons (Fsp3) is 0.261. The predicted molar refractivity (Wildman–Crippen MR) is 120 cm³/mol. The summed E-state index contributed by atoms with van der Waals surface area (Å²) < 4.78 is 22.0. The van der Waals surface area contributed by atoms with Crippen LogP contribution in [0.4, 0.5) is 10.2 Å². The van der Waals surface area contributed by atoms with Crippen LogP contribution in [0.2, 0.25) is 5.02 Å². The number of nitrogens with zero attached hydrogens (tertiary/aromatic N) is 4. The third kappa shape index (κ3) is 2.97. The Labute approximate surface area is 188 Å². The second-order valence-electron chi connectivity index (χ2n) is 7.87. The van der Waals surface area contributed by atoms with Crippen molar-refractivity contribution < 1.29 is 19.0 Å². The van der Waals surface area contributed by atoms with Gasteiger partial charge in [-0.3, -0.25) is 4.79 Å². The lowest BCUT2D eigenvalue weighted by Crippen LogP contribution is -2.56. The minimum Gasteiger partial charge on any atom is -0.507 e. The van der Waals surface area contributed by atoms with Crippen molar-refractivity contribution in [2.24, 2.45) is 0 Å². The number of aryl methyl sites for hydroxylation is 1. The number of ether oxygens (including phenoxy) is 1. The van der Waals surface area contributed by atoms with Gasteiger partial charge in [-0.1, -0.05) is 30.3 Å². The van der Waals surface area contributed by atoms with E-state index >= 15 is 4.39 Å². The molecule has 32 heavy (non-hydrogen) atoms. The summed E-state index contributed by atoms with van der Waals surface area (Å²) in [5.74, 6) is -0.103. The van der Waals surface area contributed by atoms with Gasteiger partial charge < -0.3 is 19.6 Å². The topological polar surface area (TPSA) is 78.8 Å². The summed E-state index contributed by atoms with van der Waals surface area (Å²) in [6.07, 6.45) is 2.60. The van der Waals surface area contributed by atoms with Crippen LogP contribution in [-0.4, -0.2) is 58.2 Å². The normalized spacial score (nSPS) is 17.5. The third-order valence-electron chi connectivity index (χ3n) is 6.06. The summed E-state index contributed by atoms with van der Waals surface area (Å²) in [5.41, 5.74) is 1.06. The molecule has 0 saturated carbocycles. The highest BCUT2D eigenvalue weighted by Crippen LogP contribution is 2.49. The number of hydrogen-bond acceptors (Lipinski definition) is 6.